The van der Waals surface area contributed by atoms with Gasteiger partial charge in [0.05, 0.1) is 6.61 Å². The van der Waals surface area contributed by atoms with Crippen molar-refractivity contribution in [2.24, 2.45) is 0 Å². The van der Waals surface area contributed by atoms with E-state index in [1.165, 1.54) is 12.3 Å². The summed E-state index contributed by atoms with van der Waals surface area (Å²) in [5.41, 5.74) is -0.570. The zero-order chi connectivity index (χ0) is 12.6. The molecule has 17 heavy (non-hydrogen) atoms. The summed E-state index contributed by atoms with van der Waals surface area (Å²) < 4.78 is 6.22. The van der Waals surface area contributed by atoms with Gasteiger partial charge in [-0.05, 0) is 6.07 Å². The molecule has 0 spiro atoms. The number of nitrogens with zero attached hydrogens (tertiary/aromatic N) is 1. The average molecular weight is 243 g/mol. The predicted octanol–water partition coefficient (Wildman–Crippen LogP) is -1.83. The lowest BCUT2D eigenvalue weighted by atomic mass is 10.1. The largest absolute Gasteiger partial charge is 0.508 e. The van der Waals surface area contributed by atoms with Gasteiger partial charge < -0.3 is 25.2 Å². The number of hydrogen-bond acceptors (Lipinski definition) is 6. The average Bonchev–Trinajstić information content (AvgIpc) is 2.57. The number of ether oxygens (including phenoxy) is 1. The maximum Gasteiger partial charge on any atom is 0.256 e. The van der Waals surface area contributed by atoms with Crippen LogP contribution in [0.15, 0.2) is 23.1 Å². The molecule has 0 aromatic carbocycles. The molecule has 2 rings (SSSR count). The minimum absolute atomic E-state index is 0.196. The van der Waals surface area contributed by atoms with E-state index in [1.54, 1.807) is 0 Å². The molecular formula is C10H13NO6. The van der Waals surface area contributed by atoms with Crippen LogP contribution >= 0.6 is 0 Å². The molecule has 0 bridgehead atoms. The second kappa shape index (κ2) is 4.46. The number of rotatable bonds is 2. The molecule has 0 amide bonds. The van der Waals surface area contributed by atoms with Crippen molar-refractivity contribution in [3.8, 4) is 5.75 Å². The van der Waals surface area contributed by atoms with Crippen LogP contribution in [0, 0.1) is 0 Å². The van der Waals surface area contributed by atoms with Crippen molar-refractivity contribution in [3.05, 3.63) is 28.7 Å². The Morgan fingerprint density at radius 3 is 2.59 bits per heavy atom. The molecule has 0 unspecified atom stereocenters. The van der Waals surface area contributed by atoms with E-state index in [0.717, 1.165) is 10.6 Å². The Balaban J connectivity index is 2.32. The van der Waals surface area contributed by atoms with Crippen molar-refractivity contribution < 1.29 is 25.2 Å². The van der Waals surface area contributed by atoms with Gasteiger partial charge in [0.1, 0.15) is 24.1 Å². The van der Waals surface area contributed by atoms with E-state index in [0.29, 0.717) is 0 Å². The van der Waals surface area contributed by atoms with Crippen LogP contribution in [0.3, 0.4) is 0 Å². The van der Waals surface area contributed by atoms with E-state index in [4.69, 9.17) is 14.9 Å². The molecule has 7 nitrogen and oxygen atoms in total. The molecule has 94 valence electrons. The fraction of sp³-hybridized carbons (Fsp3) is 0.500. The molecule has 0 aliphatic carbocycles. The molecule has 0 radical (unpaired) electrons. The third-order valence-corrected chi connectivity index (χ3v) is 2.72. The lowest BCUT2D eigenvalue weighted by Crippen LogP contribution is -2.35. The maximum atomic E-state index is 11.5. The first-order valence-corrected chi connectivity index (χ1v) is 5.08. The van der Waals surface area contributed by atoms with Crippen LogP contribution in [0.4, 0.5) is 0 Å². The predicted molar refractivity (Wildman–Crippen MR) is 55.4 cm³/mol. The number of pyridine rings is 1. The molecule has 1 aliphatic rings. The molecular weight excluding hydrogens is 230 g/mol. The van der Waals surface area contributed by atoms with Crippen molar-refractivity contribution in [2.75, 3.05) is 6.61 Å². The van der Waals surface area contributed by atoms with Crippen LogP contribution in [0.25, 0.3) is 0 Å². The maximum absolute atomic E-state index is 11.5. The first-order chi connectivity index (χ1) is 8.04. The van der Waals surface area contributed by atoms with E-state index < -0.39 is 36.7 Å². The van der Waals surface area contributed by atoms with Crippen molar-refractivity contribution in [1.29, 1.82) is 0 Å². The lowest BCUT2D eigenvalue weighted by Gasteiger charge is -2.17. The normalized spacial score (nSPS) is 32.9. The second-order valence-corrected chi connectivity index (χ2v) is 3.86. The Labute approximate surface area is 96.1 Å². The minimum Gasteiger partial charge on any atom is -0.508 e. The van der Waals surface area contributed by atoms with Gasteiger partial charge in [0.15, 0.2) is 6.23 Å². The summed E-state index contributed by atoms with van der Waals surface area (Å²) in [7, 11) is 0. The summed E-state index contributed by atoms with van der Waals surface area (Å²) in [5, 5.41) is 37.2. The second-order valence-electron chi connectivity index (χ2n) is 3.86. The quantitative estimate of drug-likeness (QED) is 0.486. The van der Waals surface area contributed by atoms with Crippen molar-refractivity contribution in [3.63, 3.8) is 0 Å². The van der Waals surface area contributed by atoms with Gasteiger partial charge in [-0.3, -0.25) is 9.36 Å². The molecule has 1 fully saturated rings. The van der Waals surface area contributed by atoms with Crippen LogP contribution in [-0.2, 0) is 4.74 Å². The highest BCUT2D eigenvalue weighted by Crippen LogP contribution is 2.28. The van der Waals surface area contributed by atoms with Crippen molar-refractivity contribution >= 4 is 0 Å². The third kappa shape index (κ3) is 2.05. The van der Waals surface area contributed by atoms with E-state index in [9.17, 15) is 15.0 Å². The van der Waals surface area contributed by atoms with Crippen LogP contribution in [0.2, 0.25) is 0 Å². The van der Waals surface area contributed by atoms with Gasteiger partial charge in [-0.2, -0.15) is 0 Å². The summed E-state index contributed by atoms with van der Waals surface area (Å²) >= 11 is 0. The molecule has 4 atom stereocenters. The first-order valence-electron chi connectivity index (χ1n) is 5.08. The van der Waals surface area contributed by atoms with Crippen LogP contribution in [0.1, 0.15) is 6.23 Å². The molecule has 1 aromatic heterocycles. The molecule has 4 N–H and O–H groups in total. The van der Waals surface area contributed by atoms with Crippen LogP contribution in [0.5, 0.6) is 5.75 Å². The number of hydrogen-bond donors (Lipinski definition) is 4. The monoisotopic (exact) mass is 243 g/mol. The molecule has 1 aromatic rings. The van der Waals surface area contributed by atoms with Crippen molar-refractivity contribution in [1.82, 2.24) is 4.57 Å². The van der Waals surface area contributed by atoms with Gasteiger partial charge in [0, 0.05) is 12.3 Å². The Morgan fingerprint density at radius 2 is 2.06 bits per heavy atom. The van der Waals surface area contributed by atoms with Crippen molar-refractivity contribution in [2.45, 2.75) is 24.5 Å². The number of aliphatic hydroxyl groups is 3. The summed E-state index contributed by atoms with van der Waals surface area (Å²) in [4.78, 5) is 11.5. The lowest BCUT2D eigenvalue weighted by molar-refractivity contribution is -0.0544. The topological polar surface area (TPSA) is 112 Å². The van der Waals surface area contributed by atoms with E-state index >= 15 is 0 Å². The summed E-state index contributed by atoms with van der Waals surface area (Å²) in [6.45, 7) is -0.457. The minimum atomic E-state index is -1.31. The Hall–Kier alpha value is -1.41. The van der Waals surface area contributed by atoms with Crippen LogP contribution in [-0.4, -0.2) is 49.9 Å². The molecule has 1 aliphatic heterocycles. The van der Waals surface area contributed by atoms with E-state index in [2.05, 4.69) is 0 Å². The molecule has 0 saturated carbocycles. The molecule has 7 heteroatoms. The van der Waals surface area contributed by atoms with Gasteiger partial charge in [-0.1, -0.05) is 0 Å². The highest BCUT2D eigenvalue weighted by Gasteiger charge is 2.43. The molecule has 1 saturated heterocycles. The van der Waals surface area contributed by atoms with Gasteiger partial charge in [0.25, 0.3) is 5.56 Å². The Kier molecular flexibility index (Phi) is 3.16. The smallest absolute Gasteiger partial charge is 0.256 e. The highest BCUT2D eigenvalue weighted by molar-refractivity contribution is 5.16. The Bertz CT molecular complexity index is 458. The summed E-state index contributed by atoms with van der Waals surface area (Å²) in [6.07, 6.45) is -3.33. The first kappa shape index (κ1) is 12.1. The van der Waals surface area contributed by atoms with Gasteiger partial charge in [-0.25, -0.2) is 0 Å². The number of aromatic hydroxyl groups is 1. The number of aliphatic hydroxyl groups excluding tert-OH is 3. The fourth-order valence-electron chi connectivity index (χ4n) is 1.80. The number of aromatic nitrogens is 1. The highest BCUT2D eigenvalue weighted by atomic mass is 16.6. The van der Waals surface area contributed by atoms with Crippen LogP contribution < -0.4 is 5.56 Å². The molecule has 2 heterocycles. The zero-order valence-electron chi connectivity index (χ0n) is 8.80. The SMILES string of the molecule is O=c1cc(O)ccn1[C@@H]1O[C@H](CO)[C@@H](O)[C@@H]1O. The summed E-state index contributed by atoms with van der Waals surface area (Å²) in [5.74, 6) is -0.196. The van der Waals surface area contributed by atoms with E-state index in [-0.39, 0.29) is 5.75 Å². The summed E-state index contributed by atoms with van der Waals surface area (Å²) in [6, 6.07) is 2.23. The zero-order valence-corrected chi connectivity index (χ0v) is 8.80. The van der Waals surface area contributed by atoms with Gasteiger partial charge in [0.2, 0.25) is 0 Å². The van der Waals surface area contributed by atoms with Gasteiger partial charge in [-0.15, -0.1) is 0 Å². The Morgan fingerprint density at radius 1 is 1.35 bits per heavy atom. The van der Waals surface area contributed by atoms with E-state index in [1.807, 2.05) is 0 Å². The third-order valence-electron chi connectivity index (χ3n) is 2.72. The fourth-order valence-corrected chi connectivity index (χ4v) is 1.80. The standard InChI is InChI=1S/C10H13NO6/c12-4-6-8(15)9(16)10(17-6)11-2-1-5(13)3-7(11)14/h1-3,6,8-10,12-13,15-16H,4H2/t6-,8-,9+,10-/m1/s1. The van der Waals surface area contributed by atoms with Gasteiger partial charge >= 0.3 is 0 Å².